The predicted molar refractivity (Wildman–Crippen MR) is 70.6 cm³/mol. The largest absolute Gasteiger partial charge is 0.496 e. The van der Waals surface area contributed by atoms with Crippen molar-refractivity contribution in [3.8, 4) is 17.1 Å². The van der Waals surface area contributed by atoms with Crippen LogP contribution in [0.4, 0.5) is 0 Å². The van der Waals surface area contributed by atoms with Crippen LogP contribution >= 0.6 is 0 Å². The van der Waals surface area contributed by atoms with Gasteiger partial charge in [0.25, 0.3) is 0 Å². The van der Waals surface area contributed by atoms with Crippen LogP contribution in [0, 0.1) is 0 Å². The summed E-state index contributed by atoms with van der Waals surface area (Å²) < 4.78 is 11.0. The molecular weight excluding hydrogens is 228 g/mol. The second kappa shape index (κ2) is 5.69. The van der Waals surface area contributed by atoms with Crippen LogP contribution in [-0.2, 0) is 12.8 Å². The van der Waals surface area contributed by atoms with Crippen LogP contribution in [0.25, 0.3) is 11.3 Å². The van der Waals surface area contributed by atoms with Crippen LogP contribution < -0.4 is 10.5 Å². The normalized spacial score (nSPS) is 10.6. The van der Waals surface area contributed by atoms with Crippen molar-refractivity contribution < 1.29 is 9.15 Å². The maximum absolute atomic E-state index is 5.65. The lowest BCUT2D eigenvalue weighted by molar-refractivity contribution is 0.410. The van der Waals surface area contributed by atoms with Crippen LogP contribution in [0.1, 0.15) is 18.4 Å². The van der Waals surface area contributed by atoms with Gasteiger partial charge in [-0.15, -0.1) is 0 Å². The number of ether oxygens (including phenoxy) is 1. The zero-order chi connectivity index (χ0) is 13.0. The quantitative estimate of drug-likeness (QED) is 0.880. The van der Waals surface area contributed by atoms with Gasteiger partial charge >= 0.3 is 0 Å². The van der Waals surface area contributed by atoms with Crippen molar-refractivity contribution in [2.45, 2.75) is 19.8 Å². The molecule has 0 spiro atoms. The monoisotopic (exact) mass is 246 g/mol. The van der Waals surface area contributed by atoms with Crippen LogP contribution in [0.3, 0.4) is 0 Å². The Morgan fingerprint density at radius 1 is 1.39 bits per heavy atom. The number of nitrogens with zero attached hydrogens (tertiary/aromatic N) is 1. The van der Waals surface area contributed by atoms with E-state index in [1.165, 1.54) is 0 Å². The van der Waals surface area contributed by atoms with Gasteiger partial charge in [-0.25, -0.2) is 4.98 Å². The molecule has 2 N–H and O–H groups in total. The first-order valence-corrected chi connectivity index (χ1v) is 6.10. The minimum atomic E-state index is 0.544. The topological polar surface area (TPSA) is 61.3 Å². The van der Waals surface area contributed by atoms with Gasteiger partial charge in [-0.3, -0.25) is 0 Å². The van der Waals surface area contributed by atoms with Gasteiger partial charge in [0.05, 0.1) is 13.3 Å². The highest BCUT2D eigenvalue weighted by Crippen LogP contribution is 2.27. The molecule has 1 aromatic heterocycles. The average molecular weight is 246 g/mol. The maximum atomic E-state index is 5.65. The van der Waals surface area contributed by atoms with Crippen molar-refractivity contribution >= 4 is 0 Å². The fraction of sp³-hybridized carbons (Fsp3) is 0.357. The Kier molecular flexibility index (Phi) is 3.99. The standard InChI is InChI=1S/C14H18N2O2/c1-3-10-8-11(4-5-12(10)17-2)13-9-16-14(18-13)6-7-15/h4-5,8-9H,3,6-7,15H2,1-2H3. The molecule has 0 unspecified atom stereocenters. The van der Waals surface area contributed by atoms with E-state index in [1.54, 1.807) is 13.3 Å². The number of hydrogen-bond donors (Lipinski definition) is 1. The van der Waals surface area contributed by atoms with Crippen LogP contribution in [0.5, 0.6) is 5.75 Å². The minimum absolute atomic E-state index is 0.544. The number of hydrogen-bond acceptors (Lipinski definition) is 4. The van der Waals surface area contributed by atoms with Crippen molar-refractivity contribution in [3.05, 3.63) is 35.9 Å². The zero-order valence-corrected chi connectivity index (χ0v) is 10.8. The summed E-state index contributed by atoms with van der Waals surface area (Å²) in [5.74, 6) is 2.36. The van der Waals surface area contributed by atoms with Gasteiger partial charge in [0.15, 0.2) is 11.7 Å². The maximum Gasteiger partial charge on any atom is 0.196 e. The molecule has 0 atom stereocenters. The Labute approximate surface area is 107 Å². The molecule has 0 aliphatic heterocycles. The van der Waals surface area contributed by atoms with Gasteiger partial charge in [0.2, 0.25) is 0 Å². The smallest absolute Gasteiger partial charge is 0.196 e. The molecule has 1 heterocycles. The van der Waals surface area contributed by atoms with Crippen molar-refractivity contribution in [1.29, 1.82) is 0 Å². The third-order valence-corrected chi connectivity index (χ3v) is 2.86. The molecule has 2 aromatic rings. The Morgan fingerprint density at radius 2 is 2.22 bits per heavy atom. The summed E-state index contributed by atoms with van der Waals surface area (Å²) in [6, 6.07) is 6.01. The molecule has 0 amide bonds. The molecule has 0 saturated heterocycles. The second-order valence-corrected chi connectivity index (χ2v) is 4.04. The molecule has 2 rings (SSSR count). The summed E-state index contributed by atoms with van der Waals surface area (Å²) in [7, 11) is 1.68. The molecule has 4 heteroatoms. The first-order valence-electron chi connectivity index (χ1n) is 6.10. The highest BCUT2D eigenvalue weighted by atomic mass is 16.5. The molecule has 0 fully saturated rings. The Hall–Kier alpha value is -1.81. The Balaban J connectivity index is 2.31. The molecule has 0 bridgehead atoms. The third kappa shape index (κ3) is 2.54. The van der Waals surface area contributed by atoms with E-state index in [1.807, 2.05) is 12.1 Å². The van der Waals surface area contributed by atoms with Gasteiger partial charge in [0, 0.05) is 18.5 Å². The van der Waals surface area contributed by atoms with Crippen molar-refractivity contribution in [3.63, 3.8) is 0 Å². The molecule has 1 aromatic carbocycles. The molecule has 4 nitrogen and oxygen atoms in total. The molecule has 0 aliphatic carbocycles. The number of oxazole rings is 1. The van der Waals surface area contributed by atoms with E-state index in [9.17, 15) is 0 Å². The van der Waals surface area contributed by atoms with Crippen LogP contribution in [0.15, 0.2) is 28.8 Å². The molecule has 96 valence electrons. The summed E-state index contributed by atoms with van der Waals surface area (Å²) >= 11 is 0. The molecule has 18 heavy (non-hydrogen) atoms. The number of aryl methyl sites for hydroxylation is 1. The van der Waals surface area contributed by atoms with E-state index in [0.717, 1.165) is 29.1 Å². The Bertz CT molecular complexity index is 520. The van der Waals surface area contributed by atoms with Gasteiger partial charge in [-0.05, 0) is 30.2 Å². The van der Waals surface area contributed by atoms with Crippen molar-refractivity contribution in [1.82, 2.24) is 4.98 Å². The molecule has 0 radical (unpaired) electrons. The minimum Gasteiger partial charge on any atom is -0.496 e. The van der Waals surface area contributed by atoms with Crippen LogP contribution in [0.2, 0.25) is 0 Å². The van der Waals surface area contributed by atoms with Gasteiger partial charge in [0.1, 0.15) is 5.75 Å². The summed E-state index contributed by atoms with van der Waals surface area (Å²) in [5.41, 5.74) is 7.65. The SMILES string of the molecule is CCc1cc(-c2cnc(CCN)o2)ccc1OC. The average Bonchev–Trinajstić information content (AvgIpc) is 2.87. The van der Waals surface area contributed by atoms with Gasteiger partial charge in [-0.2, -0.15) is 0 Å². The predicted octanol–water partition coefficient (Wildman–Crippen LogP) is 2.41. The highest BCUT2D eigenvalue weighted by Gasteiger charge is 2.08. The first-order chi connectivity index (χ1) is 8.78. The van der Waals surface area contributed by atoms with E-state index in [-0.39, 0.29) is 0 Å². The lowest BCUT2D eigenvalue weighted by Gasteiger charge is -2.07. The van der Waals surface area contributed by atoms with E-state index < -0.39 is 0 Å². The number of nitrogens with two attached hydrogens (primary N) is 1. The Morgan fingerprint density at radius 3 is 2.89 bits per heavy atom. The number of rotatable bonds is 5. The van der Waals surface area contributed by atoms with E-state index in [4.69, 9.17) is 14.9 Å². The lowest BCUT2D eigenvalue weighted by Crippen LogP contribution is -2.02. The third-order valence-electron chi connectivity index (χ3n) is 2.86. The van der Waals surface area contributed by atoms with Crippen molar-refractivity contribution in [2.75, 3.05) is 13.7 Å². The summed E-state index contributed by atoms with van der Waals surface area (Å²) in [5, 5.41) is 0. The van der Waals surface area contributed by atoms with Crippen LogP contribution in [-0.4, -0.2) is 18.6 Å². The fourth-order valence-electron chi connectivity index (χ4n) is 1.89. The van der Waals surface area contributed by atoms with Crippen molar-refractivity contribution in [2.24, 2.45) is 5.73 Å². The highest BCUT2D eigenvalue weighted by molar-refractivity contribution is 5.60. The van der Waals surface area contributed by atoms with Gasteiger partial charge < -0.3 is 14.9 Å². The van der Waals surface area contributed by atoms with E-state index in [0.29, 0.717) is 18.9 Å². The number of benzene rings is 1. The number of methoxy groups -OCH3 is 1. The number of aromatic nitrogens is 1. The second-order valence-electron chi connectivity index (χ2n) is 4.04. The fourth-order valence-corrected chi connectivity index (χ4v) is 1.89. The molecular formula is C14H18N2O2. The van der Waals surface area contributed by atoms with Gasteiger partial charge in [-0.1, -0.05) is 6.92 Å². The first kappa shape index (κ1) is 12.6. The molecule has 0 aliphatic rings. The van der Waals surface area contributed by atoms with E-state index >= 15 is 0 Å². The molecule has 0 saturated carbocycles. The summed E-state index contributed by atoms with van der Waals surface area (Å²) in [6.07, 6.45) is 3.32. The van der Waals surface area contributed by atoms with E-state index in [2.05, 4.69) is 18.0 Å². The summed E-state index contributed by atoms with van der Waals surface area (Å²) in [4.78, 5) is 4.20. The zero-order valence-electron chi connectivity index (χ0n) is 10.8. The lowest BCUT2D eigenvalue weighted by atomic mass is 10.1. The summed E-state index contributed by atoms with van der Waals surface area (Å²) in [6.45, 7) is 2.64.